The first kappa shape index (κ1) is 23.5. The lowest BCUT2D eigenvalue weighted by Crippen LogP contribution is -2.28. The number of aromatic nitrogens is 3. The quantitative estimate of drug-likeness (QED) is 0.494. The molecule has 0 saturated heterocycles. The molecule has 0 aliphatic rings. The third-order valence-electron chi connectivity index (χ3n) is 4.45. The largest absolute Gasteiger partial charge is 0.573 e. The number of hydrogen-bond acceptors (Lipinski definition) is 6. The van der Waals surface area contributed by atoms with Crippen molar-refractivity contribution >= 4 is 17.7 Å². The molecule has 0 radical (unpaired) electrons. The molecule has 3 rings (SSSR count). The van der Waals surface area contributed by atoms with Crippen molar-refractivity contribution in [3.8, 4) is 17.2 Å². The highest BCUT2D eigenvalue weighted by Crippen LogP contribution is 2.25. The first-order valence-corrected chi connectivity index (χ1v) is 10.5. The van der Waals surface area contributed by atoms with Crippen molar-refractivity contribution in [3.63, 3.8) is 0 Å². The lowest BCUT2D eigenvalue weighted by molar-refractivity contribution is -0.274. The van der Waals surface area contributed by atoms with Gasteiger partial charge in [0.25, 0.3) is 0 Å². The first-order chi connectivity index (χ1) is 15.2. The molecule has 1 N–H and O–H groups in total. The van der Waals surface area contributed by atoms with Crippen LogP contribution in [0.2, 0.25) is 0 Å². The smallest absolute Gasteiger partial charge is 0.497 e. The molecule has 11 heteroatoms. The summed E-state index contributed by atoms with van der Waals surface area (Å²) in [6.07, 6.45) is -4.75. The maximum absolute atomic E-state index is 12.4. The van der Waals surface area contributed by atoms with Crippen molar-refractivity contribution in [3.05, 3.63) is 59.9 Å². The fourth-order valence-electron chi connectivity index (χ4n) is 2.92. The Bertz CT molecular complexity index is 1050. The fraction of sp³-hybridized carbons (Fsp3) is 0.286. The minimum atomic E-state index is -4.75. The Morgan fingerprint density at radius 2 is 1.72 bits per heavy atom. The number of alkyl halides is 3. The van der Waals surface area contributed by atoms with Crippen LogP contribution in [0.25, 0.3) is 5.69 Å². The Hall–Kier alpha value is -3.21. The van der Waals surface area contributed by atoms with Crippen LogP contribution < -0.4 is 14.8 Å². The van der Waals surface area contributed by atoms with Crippen LogP contribution in [0.15, 0.2) is 53.7 Å². The number of rotatable bonds is 8. The number of ether oxygens (including phenoxy) is 2. The summed E-state index contributed by atoms with van der Waals surface area (Å²) in [7, 11) is 1.59. The first-order valence-electron chi connectivity index (χ1n) is 9.50. The van der Waals surface area contributed by atoms with E-state index in [1.807, 2.05) is 35.8 Å². The summed E-state index contributed by atoms with van der Waals surface area (Å²) in [5.41, 5.74) is 1.49. The number of methoxy groups -OCH3 is 1. The van der Waals surface area contributed by atoms with Gasteiger partial charge in [0.2, 0.25) is 5.91 Å². The number of carbonyl (C=O) groups excluding carboxylic acids is 1. The second-order valence-electron chi connectivity index (χ2n) is 6.76. The standard InChI is InChI=1S/C21H21F3N4O3S/c1-13(15-4-8-18(9-5-15)31-21(22,23)24)25-19(29)12-32-20-27-26-14(2)28(20)16-6-10-17(30-3)11-7-16/h4-11,13H,12H2,1-3H3,(H,25,29). The van der Waals surface area contributed by atoms with Crippen LogP contribution in [0.4, 0.5) is 13.2 Å². The monoisotopic (exact) mass is 466 g/mol. The summed E-state index contributed by atoms with van der Waals surface area (Å²) in [5.74, 6) is 0.921. The van der Waals surface area contributed by atoms with Gasteiger partial charge in [0, 0.05) is 5.69 Å². The second kappa shape index (κ2) is 9.94. The average Bonchev–Trinajstić information content (AvgIpc) is 3.12. The van der Waals surface area contributed by atoms with E-state index in [9.17, 15) is 18.0 Å². The number of carbonyl (C=O) groups is 1. The summed E-state index contributed by atoms with van der Waals surface area (Å²) in [6, 6.07) is 12.3. The minimum absolute atomic E-state index is 0.0912. The van der Waals surface area contributed by atoms with Crippen LogP contribution in [0, 0.1) is 6.92 Å². The van der Waals surface area contributed by atoms with Crippen molar-refractivity contribution in [2.75, 3.05) is 12.9 Å². The summed E-state index contributed by atoms with van der Waals surface area (Å²) in [4.78, 5) is 12.4. The van der Waals surface area contributed by atoms with E-state index < -0.39 is 12.4 Å². The van der Waals surface area contributed by atoms with Gasteiger partial charge in [-0.05, 0) is 55.8 Å². The van der Waals surface area contributed by atoms with E-state index in [-0.39, 0.29) is 17.4 Å². The Morgan fingerprint density at radius 1 is 1.09 bits per heavy atom. The summed E-state index contributed by atoms with van der Waals surface area (Å²) >= 11 is 1.23. The lowest BCUT2D eigenvalue weighted by Gasteiger charge is -2.15. The summed E-state index contributed by atoms with van der Waals surface area (Å²) in [5, 5.41) is 11.6. The van der Waals surface area contributed by atoms with Gasteiger partial charge in [0.15, 0.2) is 5.16 Å². The van der Waals surface area contributed by atoms with Crippen molar-refractivity contribution in [1.82, 2.24) is 20.1 Å². The third-order valence-corrected chi connectivity index (χ3v) is 5.38. The molecule has 1 heterocycles. The zero-order valence-corrected chi connectivity index (χ0v) is 18.3. The predicted molar refractivity (Wildman–Crippen MR) is 113 cm³/mol. The number of halogens is 3. The molecule has 3 aromatic rings. The predicted octanol–water partition coefficient (Wildman–Crippen LogP) is 4.45. The number of hydrogen-bond donors (Lipinski definition) is 1. The fourth-order valence-corrected chi connectivity index (χ4v) is 3.73. The zero-order valence-electron chi connectivity index (χ0n) is 17.5. The number of nitrogens with one attached hydrogen (secondary N) is 1. The van der Waals surface area contributed by atoms with E-state index >= 15 is 0 Å². The molecule has 1 atom stereocenters. The van der Waals surface area contributed by atoms with Crippen LogP contribution in [0.1, 0.15) is 24.4 Å². The molecule has 0 aliphatic heterocycles. The second-order valence-corrected chi connectivity index (χ2v) is 7.70. The van der Waals surface area contributed by atoms with Gasteiger partial charge in [0.05, 0.1) is 18.9 Å². The molecular weight excluding hydrogens is 445 g/mol. The van der Waals surface area contributed by atoms with E-state index in [1.165, 1.54) is 36.0 Å². The van der Waals surface area contributed by atoms with Crippen molar-refractivity contribution in [2.24, 2.45) is 0 Å². The Morgan fingerprint density at radius 3 is 2.31 bits per heavy atom. The average molecular weight is 466 g/mol. The Balaban J connectivity index is 1.59. The zero-order chi connectivity index (χ0) is 23.3. The Kier molecular flexibility index (Phi) is 7.29. The molecule has 2 aromatic carbocycles. The molecule has 0 bridgehead atoms. The van der Waals surface area contributed by atoms with Gasteiger partial charge in [0.1, 0.15) is 17.3 Å². The number of amides is 1. The van der Waals surface area contributed by atoms with Crippen LogP contribution in [-0.2, 0) is 4.79 Å². The van der Waals surface area contributed by atoms with E-state index in [2.05, 4.69) is 20.3 Å². The van der Waals surface area contributed by atoms with Gasteiger partial charge in [-0.2, -0.15) is 0 Å². The van der Waals surface area contributed by atoms with Gasteiger partial charge in [-0.3, -0.25) is 9.36 Å². The van der Waals surface area contributed by atoms with Crippen molar-refractivity contribution in [1.29, 1.82) is 0 Å². The number of thioether (sulfide) groups is 1. The summed E-state index contributed by atoms with van der Waals surface area (Å²) in [6.45, 7) is 3.56. The molecular formula is C21H21F3N4O3S. The highest BCUT2D eigenvalue weighted by molar-refractivity contribution is 7.99. The van der Waals surface area contributed by atoms with Gasteiger partial charge in [-0.25, -0.2) is 0 Å². The summed E-state index contributed by atoms with van der Waals surface area (Å²) < 4.78 is 47.7. The highest BCUT2D eigenvalue weighted by Gasteiger charge is 2.31. The number of aryl methyl sites for hydroxylation is 1. The highest BCUT2D eigenvalue weighted by atomic mass is 32.2. The normalized spacial score (nSPS) is 12.3. The maximum Gasteiger partial charge on any atom is 0.573 e. The van der Waals surface area contributed by atoms with Gasteiger partial charge < -0.3 is 14.8 Å². The molecule has 0 spiro atoms. The van der Waals surface area contributed by atoms with Gasteiger partial charge >= 0.3 is 6.36 Å². The number of benzene rings is 2. The van der Waals surface area contributed by atoms with E-state index in [0.29, 0.717) is 16.5 Å². The van der Waals surface area contributed by atoms with Crippen molar-refractivity contribution in [2.45, 2.75) is 31.4 Å². The van der Waals surface area contributed by atoms with Crippen LogP contribution in [0.3, 0.4) is 0 Å². The van der Waals surface area contributed by atoms with Crippen molar-refractivity contribution < 1.29 is 27.4 Å². The maximum atomic E-state index is 12.4. The van der Waals surface area contributed by atoms with Crippen LogP contribution in [-0.4, -0.2) is 39.9 Å². The third kappa shape index (κ3) is 6.16. The van der Waals surface area contributed by atoms with Gasteiger partial charge in [-0.1, -0.05) is 23.9 Å². The number of nitrogens with zero attached hydrogens (tertiary/aromatic N) is 3. The molecule has 170 valence electrons. The molecule has 1 unspecified atom stereocenters. The van der Waals surface area contributed by atoms with E-state index in [1.54, 1.807) is 14.0 Å². The molecule has 7 nitrogen and oxygen atoms in total. The van der Waals surface area contributed by atoms with Crippen LogP contribution in [0.5, 0.6) is 11.5 Å². The van der Waals surface area contributed by atoms with E-state index in [4.69, 9.17) is 4.74 Å². The van der Waals surface area contributed by atoms with Crippen LogP contribution >= 0.6 is 11.8 Å². The van der Waals surface area contributed by atoms with E-state index in [0.717, 1.165) is 11.4 Å². The molecule has 1 amide bonds. The molecule has 1 aromatic heterocycles. The molecule has 0 fully saturated rings. The SMILES string of the molecule is COc1ccc(-n2c(C)nnc2SCC(=O)NC(C)c2ccc(OC(F)(F)F)cc2)cc1. The Labute approximate surface area is 186 Å². The van der Waals surface area contributed by atoms with Gasteiger partial charge in [-0.15, -0.1) is 23.4 Å². The minimum Gasteiger partial charge on any atom is -0.497 e. The molecule has 32 heavy (non-hydrogen) atoms. The molecule has 0 saturated carbocycles. The molecule has 0 aliphatic carbocycles. The topological polar surface area (TPSA) is 78.3 Å². The lowest BCUT2D eigenvalue weighted by atomic mass is 10.1.